The zero-order chi connectivity index (χ0) is 21.5. The van der Waals surface area contributed by atoms with E-state index in [-0.39, 0.29) is 5.78 Å². The molecule has 0 atom stereocenters. The summed E-state index contributed by atoms with van der Waals surface area (Å²) in [5.74, 6) is 0.763. The number of ether oxygens (including phenoxy) is 3. The second-order valence-corrected chi connectivity index (χ2v) is 6.59. The maximum atomic E-state index is 12.6. The maximum Gasteiger partial charge on any atom is 0.343 e. The predicted molar refractivity (Wildman–Crippen MR) is 115 cm³/mol. The second kappa shape index (κ2) is 9.56. The molecular weight excluding hydrogens is 380 g/mol. The van der Waals surface area contributed by atoms with Crippen molar-refractivity contribution in [2.75, 3.05) is 14.2 Å². The van der Waals surface area contributed by atoms with E-state index in [1.807, 2.05) is 25.1 Å². The van der Waals surface area contributed by atoms with Crippen LogP contribution in [0.1, 0.15) is 31.8 Å². The highest BCUT2D eigenvalue weighted by molar-refractivity contribution is 6.09. The molecule has 0 aliphatic rings. The molecule has 0 unspecified atom stereocenters. The lowest BCUT2D eigenvalue weighted by Crippen LogP contribution is -2.08. The summed E-state index contributed by atoms with van der Waals surface area (Å²) >= 11 is 0. The highest BCUT2D eigenvalue weighted by atomic mass is 16.5. The summed E-state index contributed by atoms with van der Waals surface area (Å²) in [5.41, 5.74) is 2.66. The lowest BCUT2D eigenvalue weighted by Gasteiger charge is -2.08. The molecule has 0 aliphatic carbocycles. The second-order valence-electron chi connectivity index (χ2n) is 6.59. The van der Waals surface area contributed by atoms with Crippen LogP contribution >= 0.6 is 0 Å². The minimum Gasteiger partial charge on any atom is -0.497 e. The fourth-order valence-electron chi connectivity index (χ4n) is 2.81. The van der Waals surface area contributed by atoms with E-state index in [0.29, 0.717) is 28.4 Å². The van der Waals surface area contributed by atoms with Gasteiger partial charge in [0.05, 0.1) is 25.3 Å². The zero-order valence-corrected chi connectivity index (χ0v) is 17.0. The first-order valence-corrected chi connectivity index (χ1v) is 9.33. The summed E-state index contributed by atoms with van der Waals surface area (Å²) < 4.78 is 15.9. The third-order valence-electron chi connectivity index (χ3n) is 4.46. The molecular formula is C25H22O5. The molecule has 3 aromatic carbocycles. The van der Waals surface area contributed by atoms with E-state index in [0.717, 1.165) is 11.1 Å². The SMILES string of the molecule is COc1ccc(OC)c(C(=O)/C=C/c2cccc(OC(=O)c3ccc(C)cc3)c2)c1. The van der Waals surface area contributed by atoms with Crippen molar-refractivity contribution in [2.24, 2.45) is 0 Å². The highest BCUT2D eigenvalue weighted by Gasteiger charge is 2.12. The van der Waals surface area contributed by atoms with Gasteiger partial charge < -0.3 is 14.2 Å². The molecule has 0 aromatic heterocycles. The monoisotopic (exact) mass is 402 g/mol. The van der Waals surface area contributed by atoms with Gasteiger partial charge in [0, 0.05) is 0 Å². The van der Waals surface area contributed by atoms with Crippen LogP contribution < -0.4 is 14.2 Å². The normalized spacial score (nSPS) is 10.6. The Kier molecular flexibility index (Phi) is 6.65. The molecule has 0 spiro atoms. The standard InChI is InChI=1S/C25H22O5/c1-17-7-10-19(11-8-17)25(27)30-21-6-4-5-18(15-21)9-13-23(26)22-16-20(28-2)12-14-24(22)29-3/h4-16H,1-3H3/b13-9+. The van der Waals surface area contributed by atoms with Gasteiger partial charge in [0.25, 0.3) is 0 Å². The number of ketones is 1. The molecule has 0 bridgehead atoms. The van der Waals surface area contributed by atoms with Crippen molar-refractivity contribution in [2.45, 2.75) is 6.92 Å². The molecule has 0 aliphatic heterocycles. The molecule has 0 fully saturated rings. The van der Waals surface area contributed by atoms with E-state index in [1.165, 1.54) is 20.3 Å². The Morgan fingerprint density at radius 1 is 0.833 bits per heavy atom. The first-order chi connectivity index (χ1) is 14.5. The number of carbonyl (C=O) groups is 2. The van der Waals surface area contributed by atoms with Crippen molar-refractivity contribution in [3.8, 4) is 17.2 Å². The van der Waals surface area contributed by atoms with E-state index in [2.05, 4.69) is 0 Å². The average molecular weight is 402 g/mol. The molecule has 5 nitrogen and oxygen atoms in total. The molecule has 0 N–H and O–H groups in total. The summed E-state index contributed by atoms with van der Waals surface area (Å²) in [7, 11) is 3.05. The Balaban J connectivity index is 1.75. The number of hydrogen-bond donors (Lipinski definition) is 0. The van der Waals surface area contributed by atoms with Crippen LogP contribution in [0.2, 0.25) is 0 Å². The van der Waals surface area contributed by atoms with Crippen molar-refractivity contribution in [1.29, 1.82) is 0 Å². The fraction of sp³-hybridized carbons (Fsp3) is 0.120. The maximum absolute atomic E-state index is 12.6. The summed E-state index contributed by atoms with van der Waals surface area (Å²) in [5, 5.41) is 0. The number of methoxy groups -OCH3 is 2. The molecule has 3 rings (SSSR count). The number of benzene rings is 3. The average Bonchev–Trinajstić information content (AvgIpc) is 2.77. The number of carbonyl (C=O) groups excluding carboxylic acids is 2. The summed E-state index contributed by atoms with van der Waals surface area (Å²) in [6.45, 7) is 1.95. The van der Waals surface area contributed by atoms with Crippen LogP contribution in [0.4, 0.5) is 0 Å². The van der Waals surface area contributed by atoms with Gasteiger partial charge in [-0.05, 0) is 61.0 Å². The Morgan fingerprint density at radius 2 is 1.60 bits per heavy atom. The molecule has 0 heterocycles. The molecule has 0 radical (unpaired) electrons. The van der Waals surface area contributed by atoms with E-state index in [4.69, 9.17) is 14.2 Å². The predicted octanol–water partition coefficient (Wildman–Crippen LogP) is 5.13. The van der Waals surface area contributed by atoms with Crippen molar-refractivity contribution in [1.82, 2.24) is 0 Å². The van der Waals surface area contributed by atoms with E-state index < -0.39 is 5.97 Å². The van der Waals surface area contributed by atoms with Crippen LogP contribution in [0, 0.1) is 6.92 Å². The lowest BCUT2D eigenvalue weighted by atomic mass is 10.1. The van der Waals surface area contributed by atoms with Crippen molar-refractivity contribution in [3.05, 3.63) is 95.1 Å². The van der Waals surface area contributed by atoms with Crippen LogP contribution in [-0.2, 0) is 0 Å². The van der Waals surface area contributed by atoms with E-state index in [9.17, 15) is 9.59 Å². The largest absolute Gasteiger partial charge is 0.497 e. The number of rotatable bonds is 7. The van der Waals surface area contributed by atoms with Crippen LogP contribution in [0.15, 0.2) is 72.8 Å². The summed E-state index contributed by atoms with van der Waals surface area (Å²) in [6, 6.07) is 19.2. The van der Waals surface area contributed by atoms with Gasteiger partial charge in [0.2, 0.25) is 0 Å². The van der Waals surface area contributed by atoms with Crippen LogP contribution in [0.25, 0.3) is 6.08 Å². The highest BCUT2D eigenvalue weighted by Crippen LogP contribution is 2.25. The van der Waals surface area contributed by atoms with Crippen LogP contribution in [0.5, 0.6) is 17.2 Å². The first kappa shape index (κ1) is 20.9. The molecule has 152 valence electrons. The Labute approximate surface area is 175 Å². The van der Waals surface area contributed by atoms with Crippen molar-refractivity contribution in [3.63, 3.8) is 0 Å². The van der Waals surface area contributed by atoms with Crippen LogP contribution in [-0.4, -0.2) is 26.0 Å². The number of hydrogen-bond acceptors (Lipinski definition) is 5. The fourth-order valence-corrected chi connectivity index (χ4v) is 2.81. The summed E-state index contributed by atoms with van der Waals surface area (Å²) in [6.07, 6.45) is 3.10. The number of allylic oxidation sites excluding steroid dienone is 1. The summed E-state index contributed by atoms with van der Waals surface area (Å²) in [4.78, 5) is 24.9. The van der Waals surface area contributed by atoms with Gasteiger partial charge in [-0.3, -0.25) is 4.79 Å². The van der Waals surface area contributed by atoms with E-state index >= 15 is 0 Å². The lowest BCUT2D eigenvalue weighted by molar-refractivity contribution is 0.0734. The molecule has 5 heteroatoms. The van der Waals surface area contributed by atoms with Crippen molar-refractivity contribution < 1.29 is 23.8 Å². The number of aryl methyl sites for hydroxylation is 1. The third kappa shape index (κ3) is 5.14. The molecule has 0 saturated heterocycles. The van der Waals surface area contributed by atoms with Gasteiger partial charge in [-0.15, -0.1) is 0 Å². The van der Waals surface area contributed by atoms with Gasteiger partial charge in [0.15, 0.2) is 5.78 Å². The Morgan fingerprint density at radius 3 is 2.30 bits per heavy atom. The molecule has 3 aromatic rings. The van der Waals surface area contributed by atoms with Gasteiger partial charge >= 0.3 is 5.97 Å². The topological polar surface area (TPSA) is 61.8 Å². The van der Waals surface area contributed by atoms with Crippen molar-refractivity contribution >= 4 is 17.8 Å². The molecule has 0 amide bonds. The quantitative estimate of drug-likeness (QED) is 0.237. The third-order valence-corrected chi connectivity index (χ3v) is 4.46. The van der Waals surface area contributed by atoms with Gasteiger partial charge in [-0.2, -0.15) is 0 Å². The van der Waals surface area contributed by atoms with E-state index in [1.54, 1.807) is 54.6 Å². The molecule has 0 saturated carbocycles. The Hall–Kier alpha value is -3.86. The van der Waals surface area contributed by atoms with Gasteiger partial charge in [-0.1, -0.05) is 35.9 Å². The number of esters is 1. The zero-order valence-electron chi connectivity index (χ0n) is 17.0. The smallest absolute Gasteiger partial charge is 0.343 e. The minimum absolute atomic E-state index is 0.229. The Bertz CT molecular complexity index is 1080. The van der Waals surface area contributed by atoms with Gasteiger partial charge in [-0.25, -0.2) is 4.79 Å². The van der Waals surface area contributed by atoms with Gasteiger partial charge in [0.1, 0.15) is 17.2 Å². The van der Waals surface area contributed by atoms with Crippen LogP contribution in [0.3, 0.4) is 0 Å². The minimum atomic E-state index is -0.437. The first-order valence-electron chi connectivity index (χ1n) is 9.33. The molecule has 30 heavy (non-hydrogen) atoms.